The first-order chi connectivity index (χ1) is 9.18. The summed E-state index contributed by atoms with van der Waals surface area (Å²) >= 11 is 0. The van der Waals surface area contributed by atoms with Gasteiger partial charge in [-0.05, 0) is 24.7 Å². The second-order valence-electron chi connectivity index (χ2n) is 6.89. The van der Waals surface area contributed by atoms with Crippen molar-refractivity contribution in [2.45, 2.75) is 118 Å². The van der Waals surface area contributed by atoms with Crippen LogP contribution < -0.4 is 0 Å². The zero-order valence-corrected chi connectivity index (χ0v) is 14.4. The molecule has 0 aromatic heterocycles. The maximum absolute atomic E-state index is 2.54. The van der Waals surface area contributed by atoms with E-state index in [0.29, 0.717) is 5.41 Å². The molecule has 0 aliphatic heterocycles. The van der Waals surface area contributed by atoms with E-state index < -0.39 is 0 Å². The Bertz CT molecular complexity index is 173. The molecule has 0 aromatic rings. The molecule has 0 rings (SSSR count). The number of hydrogen-bond donors (Lipinski definition) is 0. The van der Waals surface area contributed by atoms with Crippen molar-refractivity contribution >= 4 is 0 Å². The molecule has 1 atom stereocenters. The number of hydrogen-bond acceptors (Lipinski definition) is 0. The summed E-state index contributed by atoms with van der Waals surface area (Å²) in [5, 5.41) is 0. The second-order valence-corrected chi connectivity index (χ2v) is 6.89. The molecule has 0 aliphatic rings. The Morgan fingerprint density at radius 1 is 0.474 bits per heavy atom. The van der Waals surface area contributed by atoms with Gasteiger partial charge in [0.05, 0.1) is 0 Å². The van der Waals surface area contributed by atoms with Crippen LogP contribution in [-0.2, 0) is 0 Å². The van der Waals surface area contributed by atoms with E-state index in [-0.39, 0.29) is 0 Å². The lowest BCUT2D eigenvalue weighted by Crippen LogP contribution is -2.16. The predicted molar refractivity (Wildman–Crippen MR) is 89.8 cm³/mol. The molecule has 0 heterocycles. The van der Waals surface area contributed by atoms with E-state index in [1.54, 1.807) is 0 Å². The standard InChI is InChI=1S/C19H40/c1-5-8-10-11-12-13-15-18-19(4,16-7-3)17-14-9-6-2/h5-18H2,1-4H3. The topological polar surface area (TPSA) is 0 Å². The minimum atomic E-state index is 0.646. The van der Waals surface area contributed by atoms with Gasteiger partial charge < -0.3 is 0 Å². The highest BCUT2D eigenvalue weighted by Crippen LogP contribution is 2.35. The lowest BCUT2D eigenvalue weighted by atomic mass is 9.76. The molecule has 0 bridgehead atoms. The van der Waals surface area contributed by atoms with Gasteiger partial charge in [0.15, 0.2) is 0 Å². The van der Waals surface area contributed by atoms with E-state index in [1.165, 1.54) is 89.9 Å². The molecule has 0 aromatic carbocycles. The molecule has 0 N–H and O–H groups in total. The lowest BCUT2D eigenvalue weighted by Gasteiger charge is -2.29. The molecule has 0 amide bonds. The number of rotatable bonds is 14. The minimum Gasteiger partial charge on any atom is -0.0654 e. The van der Waals surface area contributed by atoms with E-state index in [0.717, 1.165) is 0 Å². The zero-order valence-electron chi connectivity index (χ0n) is 14.4. The molecule has 19 heavy (non-hydrogen) atoms. The first kappa shape index (κ1) is 19.0. The van der Waals surface area contributed by atoms with Gasteiger partial charge in [0.25, 0.3) is 0 Å². The van der Waals surface area contributed by atoms with Gasteiger partial charge in [0.2, 0.25) is 0 Å². The summed E-state index contributed by atoms with van der Waals surface area (Å²) in [7, 11) is 0. The Morgan fingerprint density at radius 3 is 1.42 bits per heavy atom. The lowest BCUT2D eigenvalue weighted by molar-refractivity contribution is 0.229. The van der Waals surface area contributed by atoms with Crippen LogP contribution in [-0.4, -0.2) is 0 Å². The maximum atomic E-state index is 2.54. The van der Waals surface area contributed by atoms with Crippen molar-refractivity contribution in [1.82, 2.24) is 0 Å². The first-order valence-electron chi connectivity index (χ1n) is 9.18. The summed E-state index contributed by atoms with van der Waals surface area (Å²) < 4.78 is 0. The summed E-state index contributed by atoms with van der Waals surface area (Å²) in [6.07, 6.45) is 20.1. The van der Waals surface area contributed by atoms with Gasteiger partial charge >= 0.3 is 0 Å². The third-order valence-electron chi connectivity index (χ3n) is 4.62. The van der Waals surface area contributed by atoms with Gasteiger partial charge in [-0.2, -0.15) is 0 Å². The molecule has 0 radical (unpaired) electrons. The molecule has 0 saturated heterocycles. The Hall–Kier alpha value is 0. The third kappa shape index (κ3) is 11.5. The fraction of sp³-hybridized carbons (Fsp3) is 1.00. The third-order valence-corrected chi connectivity index (χ3v) is 4.62. The Kier molecular flexibility index (Phi) is 13.0. The van der Waals surface area contributed by atoms with Gasteiger partial charge in [-0.3, -0.25) is 0 Å². The predicted octanol–water partition coefficient (Wildman–Crippen LogP) is 7.51. The number of unbranched alkanes of at least 4 members (excludes halogenated alkanes) is 8. The van der Waals surface area contributed by atoms with E-state index in [2.05, 4.69) is 27.7 Å². The average molecular weight is 269 g/mol. The van der Waals surface area contributed by atoms with Crippen molar-refractivity contribution in [3.63, 3.8) is 0 Å². The largest absolute Gasteiger partial charge is 0.0654 e. The van der Waals surface area contributed by atoms with Crippen LogP contribution in [0.5, 0.6) is 0 Å². The van der Waals surface area contributed by atoms with Crippen LogP contribution in [0.4, 0.5) is 0 Å². The Labute approximate surface area is 123 Å². The summed E-state index contributed by atoms with van der Waals surface area (Å²) in [5.41, 5.74) is 0.646. The van der Waals surface area contributed by atoms with Crippen LogP contribution in [0.3, 0.4) is 0 Å². The molecular formula is C19H40. The van der Waals surface area contributed by atoms with Gasteiger partial charge in [-0.1, -0.05) is 98.3 Å². The molecule has 1 unspecified atom stereocenters. The maximum Gasteiger partial charge on any atom is -0.0326 e. The SMILES string of the molecule is CCCCCCCCCC(C)(CCC)CCCCC. The highest BCUT2D eigenvalue weighted by atomic mass is 14.3. The molecular weight excluding hydrogens is 228 g/mol. The highest BCUT2D eigenvalue weighted by molar-refractivity contribution is 4.74. The van der Waals surface area contributed by atoms with E-state index >= 15 is 0 Å². The van der Waals surface area contributed by atoms with E-state index in [4.69, 9.17) is 0 Å². The second kappa shape index (κ2) is 13.0. The summed E-state index contributed by atoms with van der Waals surface area (Å²) in [4.78, 5) is 0. The Morgan fingerprint density at radius 2 is 0.895 bits per heavy atom. The summed E-state index contributed by atoms with van der Waals surface area (Å²) in [6, 6.07) is 0. The van der Waals surface area contributed by atoms with Crippen LogP contribution in [0.2, 0.25) is 0 Å². The van der Waals surface area contributed by atoms with Crippen LogP contribution in [0, 0.1) is 5.41 Å². The molecule has 0 spiro atoms. The fourth-order valence-corrected chi connectivity index (χ4v) is 3.29. The van der Waals surface area contributed by atoms with Crippen LogP contribution in [0.15, 0.2) is 0 Å². The van der Waals surface area contributed by atoms with Gasteiger partial charge in [-0.25, -0.2) is 0 Å². The van der Waals surface area contributed by atoms with Crippen molar-refractivity contribution in [1.29, 1.82) is 0 Å². The van der Waals surface area contributed by atoms with Crippen molar-refractivity contribution in [2.75, 3.05) is 0 Å². The highest BCUT2D eigenvalue weighted by Gasteiger charge is 2.21. The fourth-order valence-electron chi connectivity index (χ4n) is 3.29. The van der Waals surface area contributed by atoms with Crippen LogP contribution in [0.1, 0.15) is 118 Å². The normalized spacial score (nSPS) is 14.5. The molecule has 0 saturated carbocycles. The quantitative estimate of drug-likeness (QED) is 0.286. The molecule has 0 aliphatic carbocycles. The Balaban J connectivity index is 3.68. The average Bonchev–Trinajstić information content (AvgIpc) is 2.38. The van der Waals surface area contributed by atoms with Crippen LogP contribution in [0.25, 0.3) is 0 Å². The molecule has 0 nitrogen and oxygen atoms in total. The minimum absolute atomic E-state index is 0.646. The zero-order chi connectivity index (χ0) is 14.4. The van der Waals surface area contributed by atoms with E-state index in [1.807, 2.05) is 0 Å². The van der Waals surface area contributed by atoms with Gasteiger partial charge in [0.1, 0.15) is 0 Å². The molecule has 0 fully saturated rings. The molecule has 0 heteroatoms. The van der Waals surface area contributed by atoms with Crippen LogP contribution >= 0.6 is 0 Å². The van der Waals surface area contributed by atoms with Crippen molar-refractivity contribution in [2.24, 2.45) is 5.41 Å². The summed E-state index contributed by atoms with van der Waals surface area (Å²) in [5.74, 6) is 0. The monoisotopic (exact) mass is 268 g/mol. The van der Waals surface area contributed by atoms with Crippen molar-refractivity contribution < 1.29 is 0 Å². The van der Waals surface area contributed by atoms with Crippen molar-refractivity contribution in [3.05, 3.63) is 0 Å². The van der Waals surface area contributed by atoms with Gasteiger partial charge in [0, 0.05) is 0 Å². The first-order valence-corrected chi connectivity index (χ1v) is 9.18. The molecule has 116 valence electrons. The summed E-state index contributed by atoms with van der Waals surface area (Å²) in [6.45, 7) is 9.51. The smallest absolute Gasteiger partial charge is 0.0326 e. The van der Waals surface area contributed by atoms with Crippen molar-refractivity contribution in [3.8, 4) is 0 Å². The van der Waals surface area contributed by atoms with E-state index in [9.17, 15) is 0 Å². The van der Waals surface area contributed by atoms with Gasteiger partial charge in [-0.15, -0.1) is 0 Å².